The monoisotopic (exact) mass is 501 g/mol. The molecule has 2 amide bonds. The van der Waals surface area contributed by atoms with Gasteiger partial charge in [-0.25, -0.2) is 0 Å². The first kappa shape index (κ1) is 26.6. The van der Waals surface area contributed by atoms with Crippen LogP contribution in [-0.4, -0.2) is 64.6 Å². The highest BCUT2D eigenvalue weighted by Gasteiger charge is 2.25. The number of para-hydroxylation sites is 1. The quantitative estimate of drug-likeness (QED) is 0.518. The number of anilines is 1. The van der Waals surface area contributed by atoms with Crippen LogP contribution < -0.4 is 4.90 Å². The average Bonchev–Trinajstić information content (AvgIpc) is 3.24. The molecule has 1 aromatic heterocycles. The maximum absolute atomic E-state index is 13.8. The number of aromatic nitrogens is 2. The molecular formula is C30H39N5O2. The van der Waals surface area contributed by atoms with Crippen LogP contribution in [0.2, 0.25) is 0 Å². The lowest BCUT2D eigenvalue weighted by atomic mass is 10.1. The highest BCUT2D eigenvalue weighted by Crippen LogP contribution is 2.26. The molecule has 2 heterocycles. The zero-order chi connectivity index (χ0) is 26.5. The summed E-state index contributed by atoms with van der Waals surface area (Å²) in [5.74, 6) is 0.316. The fraction of sp³-hybridized carbons (Fsp3) is 0.433. The van der Waals surface area contributed by atoms with Gasteiger partial charge in [0.1, 0.15) is 0 Å². The molecule has 0 atom stereocenters. The average molecular weight is 502 g/mol. The largest absolute Gasteiger partial charge is 0.332 e. The highest BCUT2D eigenvalue weighted by molar-refractivity contribution is 5.95. The number of fused-ring (bicyclic) bond motifs is 1. The van der Waals surface area contributed by atoms with Crippen molar-refractivity contribution in [2.45, 2.75) is 40.2 Å². The summed E-state index contributed by atoms with van der Waals surface area (Å²) in [6.07, 6.45) is 1.38. The molecule has 0 spiro atoms. The molecule has 7 heteroatoms. The molecule has 0 saturated carbocycles. The van der Waals surface area contributed by atoms with E-state index in [1.165, 1.54) is 5.56 Å². The van der Waals surface area contributed by atoms with Crippen LogP contribution in [-0.2, 0) is 18.4 Å². The minimum atomic E-state index is -0.100. The van der Waals surface area contributed by atoms with Crippen molar-refractivity contribution in [3.05, 3.63) is 71.4 Å². The summed E-state index contributed by atoms with van der Waals surface area (Å²) in [6, 6.07) is 18.1. The van der Waals surface area contributed by atoms with Crippen LogP contribution >= 0.6 is 0 Å². The van der Waals surface area contributed by atoms with Gasteiger partial charge < -0.3 is 14.7 Å². The number of likely N-dealkylation sites (N-methyl/N-ethyl adjacent to an activating group) is 1. The number of nitrogens with zero attached hydrogens (tertiary/aromatic N) is 5. The van der Waals surface area contributed by atoms with E-state index < -0.39 is 0 Å². The first-order valence-electron chi connectivity index (χ1n) is 13.2. The van der Waals surface area contributed by atoms with Gasteiger partial charge in [0.05, 0.1) is 5.69 Å². The van der Waals surface area contributed by atoms with Crippen molar-refractivity contribution in [3.8, 4) is 11.3 Å². The Hall–Kier alpha value is -3.45. The topological polar surface area (TPSA) is 61.7 Å². The Bertz CT molecular complexity index is 1230. The number of carbonyl (C=O) groups excluding carboxylic acids is 2. The summed E-state index contributed by atoms with van der Waals surface area (Å²) in [4.78, 5) is 33.1. The van der Waals surface area contributed by atoms with Gasteiger partial charge in [0.15, 0.2) is 5.69 Å². The van der Waals surface area contributed by atoms with Gasteiger partial charge in [0, 0.05) is 45.3 Å². The third kappa shape index (κ3) is 6.46. The molecule has 4 rings (SSSR count). The molecule has 0 saturated heterocycles. The molecule has 0 N–H and O–H groups in total. The molecule has 1 aliphatic heterocycles. The van der Waals surface area contributed by atoms with E-state index in [1.54, 1.807) is 4.68 Å². The number of hydrogen-bond donors (Lipinski definition) is 0. The lowest BCUT2D eigenvalue weighted by Crippen LogP contribution is -2.37. The maximum atomic E-state index is 13.8. The lowest BCUT2D eigenvalue weighted by molar-refractivity contribution is -0.119. The Morgan fingerprint density at radius 1 is 0.946 bits per heavy atom. The van der Waals surface area contributed by atoms with Gasteiger partial charge in [0.25, 0.3) is 5.91 Å². The van der Waals surface area contributed by atoms with Crippen molar-refractivity contribution in [1.29, 1.82) is 0 Å². The zero-order valence-corrected chi connectivity index (χ0v) is 22.8. The molecule has 7 nitrogen and oxygen atoms in total. The first-order valence-corrected chi connectivity index (χ1v) is 13.2. The number of hydrogen-bond acceptors (Lipinski definition) is 4. The van der Waals surface area contributed by atoms with E-state index in [0.717, 1.165) is 42.0 Å². The Kier molecular flexibility index (Phi) is 8.44. The van der Waals surface area contributed by atoms with Crippen LogP contribution in [0.4, 0.5) is 5.69 Å². The van der Waals surface area contributed by atoms with E-state index in [-0.39, 0.29) is 17.7 Å². The van der Waals surface area contributed by atoms with Crippen molar-refractivity contribution >= 4 is 17.5 Å². The molecule has 0 bridgehead atoms. The van der Waals surface area contributed by atoms with Crippen molar-refractivity contribution in [2.24, 2.45) is 13.0 Å². The van der Waals surface area contributed by atoms with E-state index >= 15 is 0 Å². The Morgan fingerprint density at radius 3 is 2.41 bits per heavy atom. The van der Waals surface area contributed by atoms with Crippen molar-refractivity contribution in [3.63, 3.8) is 0 Å². The minimum Gasteiger partial charge on any atom is -0.332 e. The van der Waals surface area contributed by atoms with Crippen LogP contribution in [0.3, 0.4) is 0 Å². The number of amides is 2. The second-order valence-electron chi connectivity index (χ2n) is 10.6. The van der Waals surface area contributed by atoms with Crippen molar-refractivity contribution in [2.75, 3.05) is 38.1 Å². The highest BCUT2D eigenvalue weighted by atomic mass is 16.2. The number of benzene rings is 2. The summed E-state index contributed by atoms with van der Waals surface area (Å²) in [5, 5.41) is 4.60. The van der Waals surface area contributed by atoms with Gasteiger partial charge in [0.2, 0.25) is 5.91 Å². The molecule has 3 aromatic rings. The summed E-state index contributed by atoms with van der Waals surface area (Å²) in [7, 11) is 3.95. The van der Waals surface area contributed by atoms with Crippen LogP contribution in [0, 0.1) is 12.8 Å². The summed E-state index contributed by atoms with van der Waals surface area (Å²) >= 11 is 0. The van der Waals surface area contributed by atoms with Gasteiger partial charge in [-0.3, -0.25) is 14.3 Å². The SMILES string of the molecule is Cc1ccc(-c2cc(C(=O)N3CCN(C)CCCN(C(=O)CC(C)C)c4ccccc4C3)nn2C)cc1. The number of aryl methyl sites for hydroxylation is 2. The van der Waals surface area contributed by atoms with Crippen LogP contribution in [0.25, 0.3) is 11.3 Å². The lowest BCUT2D eigenvalue weighted by Gasteiger charge is -2.28. The van der Waals surface area contributed by atoms with Crippen LogP contribution in [0.5, 0.6) is 0 Å². The third-order valence-electron chi connectivity index (χ3n) is 6.93. The van der Waals surface area contributed by atoms with Gasteiger partial charge in [-0.2, -0.15) is 5.10 Å². The fourth-order valence-corrected chi connectivity index (χ4v) is 4.84. The molecule has 2 aromatic carbocycles. The van der Waals surface area contributed by atoms with E-state index in [9.17, 15) is 9.59 Å². The maximum Gasteiger partial charge on any atom is 0.274 e. The van der Waals surface area contributed by atoms with Crippen LogP contribution in [0.1, 0.15) is 48.3 Å². The summed E-state index contributed by atoms with van der Waals surface area (Å²) < 4.78 is 1.77. The third-order valence-corrected chi connectivity index (χ3v) is 6.93. The predicted molar refractivity (Wildman–Crippen MR) is 148 cm³/mol. The van der Waals surface area contributed by atoms with Gasteiger partial charge in [-0.15, -0.1) is 0 Å². The van der Waals surface area contributed by atoms with E-state index in [0.29, 0.717) is 31.7 Å². The van der Waals surface area contributed by atoms with Gasteiger partial charge >= 0.3 is 0 Å². The molecular weight excluding hydrogens is 462 g/mol. The summed E-state index contributed by atoms with van der Waals surface area (Å²) in [6.45, 7) is 9.49. The van der Waals surface area contributed by atoms with Crippen LogP contribution in [0.15, 0.2) is 54.6 Å². The number of carbonyl (C=O) groups is 2. The Labute approximate surface area is 220 Å². The molecule has 0 radical (unpaired) electrons. The fourth-order valence-electron chi connectivity index (χ4n) is 4.84. The number of rotatable bonds is 4. The molecule has 0 fully saturated rings. The summed E-state index contributed by atoms with van der Waals surface area (Å²) in [5.41, 5.74) is 5.44. The molecule has 1 aliphatic rings. The molecule has 0 unspecified atom stereocenters. The first-order chi connectivity index (χ1) is 17.7. The van der Waals surface area contributed by atoms with Gasteiger partial charge in [-0.1, -0.05) is 61.9 Å². The predicted octanol–water partition coefficient (Wildman–Crippen LogP) is 4.75. The second-order valence-corrected chi connectivity index (χ2v) is 10.6. The van der Waals surface area contributed by atoms with E-state index in [1.807, 2.05) is 47.2 Å². The molecule has 37 heavy (non-hydrogen) atoms. The Morgan fingerprint density at radius 2 is 1.68 bits per heavy atom. The smallest absolute Gasteiger partial charge is 0.274 e. The molecule has 0 aliphatic carbocycles. The molecule has 196 valence electrons. The normalized spacial score (nSPS) is 15.4. The van der Waals surface area contributed by atoms with Gasteiger partial charge in [-0.05, 0) is 56.1 Å². The van der Waals surface area contributed by atoms with Crippen molar-refractivity contribution in [1.82, 2.24) is 19.6 Å². The standard InChI is InChI=1S/C30H39N5O2/c1-22(2)19-29(36)35-16-8-15-32(4)17-18-34(21-25-9-6-7-10-27(25)35)30(37)26-20-28(33(5)31-26)24-13-11-23(3)12-14-24/h6-7,9-14,20,22H,8,15-19,21H2,1-5H3. The van der Waals surface area contributed by atoms with E-state index in [2.05, 4.69) is 62.1 Å². The van der Waals surface area contributed by atoms with Crippen molar-refractivity contribution < 1.29 is 9.59 Å². The zero-order valence-electron chi connectivity index (χ0n) is 22.8. The Balaban J connectivity index is 1.66. The van der Waals surface area contributed by atoms with E-state index in [4.69, 9.17) is 0 Å². The second kappa shape index (κ2) is 11.7. The minimum absolute atomic E-state index is 0.100.